The SMILES string of the molecule is O=C(CF)C1CCCO1. The van der Waals surface area contributed by atoms with Crippen LogP contribution in [0.15, 0.2) is 0 Å². The van der Waals surface area contributed by atoms with E-state index in [9.17, 15) is 9.18 Å². The molecule has 52 valence electrons. The second-order valence-corrected chi connectivity index (χ2v) is 2.10. The molecule has 1 unspecified atom stereocenters. The number of hydrogen-bond acceptors (Lipinski definition) is 2. The summed E-state index contributed by atoms with van der Waals surface area (Å²) in [7, 11) is 0. The smallest absolute Gasteiger partial charge is 0.192 e. The Labute approximate surface area is 53.0 Å². The van der Waals surface area contributed by atoms with Crippen molar-refractivity contribution in [1.82, 2.24) is 0 Å². The summed E-state index contributed by atoms with van der Waals surface area (Å²) in [6, 6.07) is 0. The minimum atomic E-state index is -0.884. The van der Waals surface area contributed by atoms with Crippen LogP contribution in [0.25, 0.3) is 0 Å². The Morgan fingerprint density at radius 2 is 2.56 bits per heavy atom. The molecule has 2 nitrogen and oxygen atoms in total. The maximum atomic E-state index is 11.6. The van der Waals surface area contributed by atoms with Crippen LogP contribution < -0.4 is 0 Å². The predicted octanol–water partition coefficient (Wildman–Crippen LogP) is 0.704. The lowest BCUT2D eigenvalue weighted by Crippen LogP contribution is -2.20. The normalized spacial score (nSPS) is 26.6. The van der Waals surface area contributed by atoms with Crippen LogP contribution in [0, 0.1) is 0 Å². The van der Waals surface area contributed by atoms with E-state index in [2.05, 4.69) is 0 Å². The molecule has 0 radical (unpaired) electrons. The molecule has 3 heteroatoms. The van der Waals surface area contributed by atoms with E-state index in [4.69, 9.17) is 4.74 Å². The van der Waals surface area contributed by atoms with Gasteiger partial charge >= 0.3 is 0 Å². The van der Waals surface area contributed by atoms with Gasteiger partial charge in [0.05, 0.1) is 0 Å². The molecule has 1 aliphatic rings. The first-order valence-electron chi connectivity index (χ1n) is 3.05. The third-order valence-corrected chi connectivity index (χ3v) is 1.42. The quantitative estimate of drug-likeness (QED) is 0.553. The molecule has 0 aliphatic carbocycles. The first-order valence-corrected chi connectivity index (χ1v) is 3.05. The molecule has 0 spiro atoms. The zero-order valence-electron chi connectivity index (χ0n) is 5.10. The molecule has 0 N–H and O–H groups in total. The van der Waals surface area contributed by atoms with Crippen LogP contribution in [0.4, 0.5) is 4.39 Å². The molecule has 0 aromatic carbocycles. The highest BCUT2D eigenvalue weighted by Crippen LogP contribution is 2.12. The molecule has 1 heterocycles. The standard InChI is InChI=1S/C6H9FO2/c7-4-5(8)6-2-1-3-9-6/h6H,1-4H2. The van der Waals surface area contributed by atoms with E-state index in [0.29, 0.717) is 13.0 Å². The monoisotopic (exact) mass is 132 g/mol. The van der Waals surface area contributed by atoms with E-state index < -0.39 is 18.6 Å². The maximum Gasteiger partial charge on any atom is 0.192 e. The number of carbonyl (C=O) groups excluding carboxylic acids is 1. The highest BCUT2D eigenvalue weighted by atomic mass is 19.1. The van der Waals surface area contributed by atoms with Crippen LogP contribution in [0.1, 0.15) is 12.8 Å². The summed E-state index contributed by atoms with van der Waals surface area (Å²) in [5, 5.41) is 0. The Morgan fingerprint density at radius 3 is 3.00 bits per heavy atom. The van der Waals surface area contributed by atoms with Gasteiger partial charge in [-0.2, -0.15) is 0 Å². The van der Waals surface area contributed by atoms with Crippen molar-refractivity contribution in [2.75, 3.05) is 13.3 Å². The molecule has 0 aromatic heterocycles. The Morgan fingerprint density at radius 1 is 1.78 bits per heavy atom. The topological polar surface area (TPSA) is 26.3 Å². The van der Waals surface area contributed by atoms with Gasteiger partial charge in [0.25, 0.3) is 0 Å². The van der Waals surface area contributed by atoms with Gasteiger partial charge in [-0.15, -0.1) is 0 Å². The van der Waals surface area contributed by atoms with Gasteiger partial charge in [-0.25, -0.2) is 4.39 Å². The lowest BCUT2D eigenvalue weighted by Gasteiger charge is -2.02. The molecule has 9 heavy (non-hydrogen) atoms. The molecule has 0 amide bonds. The number of alkyl halides is 1. The molecule has 1 fully saturated rings. The third kappa shape index (κ3) is 1.48. The summed E-state index contributed by atoms with van der Waals surface area (Å²) in [5.74, 6) is -0.410. The van der Waals surface area contributed by atoms with Gasteiger partial charge < -0.3 is 4.74 Å². The van der Waals surface area contributed by atoms with Crippen LogP contribution >= 0.6 is 0 Å². The van der Waals surface area contributed by atoms with Gasteiger partial charge in [0, 0.05) is 6.61 Å². The number of halogens is 1. The summed E-state index contributed by atoms with van der Waals surface area (Å²) >= 11 is 0. The number of Topliss-reactive ketones (excluding diaryl/α,β-unsaturated/α-hetero) is 1. The van der Waals surface area contributed by atoms with Crippen LogP contribution in [0.3, 0.4) is 0 Å². The fraction of sp³-hybridized carbons (Fsp3) is 0.833. The van der Waals surface area contributed by atoms with Crippen molar-refractivity contribution >= 4 is 5.78 Å². The van der Waals surface area contributed by atoms with E-state index in [0.717, 1.165) is 6.42 Å². The minimum absolute atomic E-state index is 0.410. The molecule has 1 saturated heterocycles. The van der Waals surface area contributed by atoms with Crippen molar-refractivity contribution in [3.8, 4) is 0 Å². The van der Waals surface area contributed by atoms with Crippen molar-refractivity contribution in [2.24, 2.45) is 0 Å². The number of ketones is 1. The van der Waals surface area contributed by atoms with Gasteiger partial charge in [-0.3, -0.25) is 4.79 Å². The highest BCUT2D eigenvalue weighted by Gasteiger charge is 2.22. The molecule has 1 aliphatic heterocycles. The van der Waals surface area contributed by atoms with E-state index in [1.807, 2.05) is 0 Å². The van der Waals surface area contributed by atoms with Crippen molar-refractivity contribution in [3.05, 3.63) is 0 Å². The summed E-state index contributed by atoms with van der Waals surface area (Å²) in [6.45, 7) is -0.277. The van der Waals surface area contributed by atoms with Crippen molar-refractivity contribution in [1.29, 1.82) is 0 Å². The van der Waals surface area contributed by atoms with Gasteiger partial charge in [0.15, 0.2) is 12.5 Å². The minimum Gasteiger partial charge on any atom is -0.370 e. The van der Waals surface area contributed by atoms with Gasteiger partial charge in [0.1, 0.15) is 6.10 Å². The van der Waals surface area contributed by atoms with Gasteiger partial charge in [0.2, 0.25) is 0 Å². The molecule has 1 atom stereocenters. The summed E-state index contributed by atoms with van der Waals surface area (Å²) in [6.07, 6.45) is 1.15. The van der Waals surface area contributed by atoms with E-state index in [1.165, 1.54) is 0 Å². The van der Waals surface area contributed by atoms with E-state index in [1.54, 1.807) is 0 Å². The summed E-state index contributed by atoms with van der Waals surface area (Å²) in [4.78, 5) is 10.5. The zero-order valence-corrected chi connectivity index (χ0v) is 5.10. The zero-order chi connectivity index (χ0) is 6.69. The Bertz CT molecular complexity index is 108. The fourth-order valence-corrected chi connectivity index (χ4v) is 0.918. The Balaban J connectivity index is 2.32. The van der Waals surface area contributed by atoms with Crippen LogP contribution in [0.2, 0.25) is 0 Å². The number of hydrogen-bond donors (Lipinski definition) is 0. The van der Waals surface area contributed by atoms with Crippen LogP contribution in [-0.4, -0.2) is 25.2 Å². The fourth-order valence-electron chi connectivity index (χ4n) is 0.918. The molecule has 0 bridgehead atoms. The summed E-state index contributed by atoms with van der Waals surface area (Å²) < 4.78 is 16.5. The second kappa shape index (κ2) is 2.92. The van der Waals surface area contributed by atoms with Gasteiger partial charge in [-0.1, -0.05) is 0 Å². The molecular weight excluding hydrogens is 123 g/mol. The van der Waals surface area contributed by atoms with E-state index in [-0.39, 0.29) is 0 Å². The molecule has 0 aromatic rings. The predicted molar refractivity (Wildman–Crippen MR) is 30.0 cm³/mol. The highest BCUT2D eigenvalue weighted by molar-refractivity contribution is 5.84. The molecule has 0 saturated carbocycles. The lowest BCUT2D eigenvalue weighted by molar-refractivity contribution is -0.128. The average Bonchev–Trinajstić information content (AvgIpc) is 2.37. The van der Waals surface area contributed by atoms with Gasteiger partial charge in [-0.05, 0) is 12.8 Å². The Hall–Kier alpha value is -0.440. The van der Waals surface area contributed by atoms with Crippen molar-refractivity contribution < 1.29 is 13.9 Å². The Kier molecular flexibility index (Phi) is 2.16. The number of carbonyl (C=O) groups is 1. The lowest BCUT2D eigenvalue weighted by atomic mass is 10.2. The second-order valence-electron chi connectivity index (χ2n) is 2.10. The molecular formula is C6H9FO2. The average molecular weight is 132 g/mol. The van der Waals surface area contributed by atoms with E-state index >= 15 is 0 Å². The van der Waals surface area contributed by atoms with Crippen molar-refractivity contribution in [3.63, 3.8) is 0 Å². The first-order chi connectivity index (χ1) is 4.34. The van der Waals surface area contributed by atoms with Crippen molar-refractivity contribution in [2.45, 2.75) is 18.9 Å². The van der Waals surface area contributed by atoms with Crippen LogP contribution in [-0.2, 0) is 9.53 Å². The maximum absolute atomic E-state index is 11.6. The molecule has 1 rings (SSSR count). The number of ether oxygens (including phenoxy) is 1. The number of rotatable bonds is 2. The largest absolute Gasteiger partial charge is 0.370 e. The summed E-state index contributed by atoms with van der Waals surface area (Å²) in [5.41, 5.74) is 0. The third-order valence-electron chi connectivity index (χ3n) is 1.42. The first kappa shape index (κ1) is 6.68. The van der Waals surface area contributed by atoms with Crippen LogP contribution in [0.5, 0.6) is 0 Å².